The Labute approximate surface area is 106 Å². The number of rotatable bonds is 3. The van der Waals surface area contributed by atoms with E-state index in [4.69, 9.17) is 10.5 Å². The Kier molecular flexibility index (Phi) is 3.54. The average Bonchev–Trinajstić information content (AvgIpc) is 2.38. The van der Waals surface area contributed by atoms with Crippen molar-refractivity contribution in [3.05, 3.63) is 30.3 Å². The Morgan fingerprint density at radius 3 is 2.78 bits per heavy atom. The zero-order valence-electron chi connectivity index (χ0n) is 9.49. The molecule has 1 unspecified atom stereocenters. The summed E-state index contributed by atoms with van der Waals surface area (Å²) in [5, 5.41) is 0. The van der Waals surface area contributed by atoms with Gasteiger partial charge in [0.1, 0.15) is 0 Å². The van der Waals surface area contributed by atoms with Crippen LogP contribution in [0.5, 0.6) is 5.88 Å². The molecule has 0 saturated carbocycles. The van der Waals surface area contributed by atoms with Crippen molar-refractivity contribution in [3.63, 3.8) is 0 Å². The van der Waals surface area contributed by atoms with Crippen LogP contribution in [0.4, 0.5) is 5.95 Å². The normalized spacial score (nSPS) is 12.1. The van der Waals surface area contributed by atoms with Gasteiger partial charge in [-0.2, -0.15) is 4.98 Å². The van der Waals surface area contributed by atoms with Gasteiger partial charge < -0.3 is 15.0 Å². The molecule has 1 heterocycles. The Balaban J connectivity index is 2.51. The third kappa shape index (κ3) is 2.63. The molecule has 0 fully saturated rings. The maximum absolute atomic E-state index is 10.9. The van der Waals surface area contributed by atoms with Crippen LogP contribution in [-0.2, 0) is 11.1 Å². The zero-order valence-corrected chi connectivity index (χ0v) is 10.3. The summed E-state index contributed by atoms with van der Waals surface area (Å²) in [5.41, 5.74) is 6.68. The van der Waals surface area contributed by atoms with E-state index >= 15 is 0 Å². The summed E-state index contributed by atoms with van der Waals surface area (Å²) in [4.78, 5) is 8.08. The Bertz CT molecular complexity index is 604. The third-order valence-electron chi connectivity index (χ3n) is 2.25. The number of nitrogen functional groups attached to an aromatic ring is 1. The van der Waals surface area contributed by atoms with Crippen LogP contribution in [0.2, 0.25) is 0 Å². The fraction of sp³-hybridized carbons (Fsp3) is 0.0909. The van der Waals surface area contributed by atoms with Gasteiger partial charge in [0.2, 0.25) is 11.8 Å². The number of hydrogen-bond acceptors (Lipinski definition) is 6. The molecule has 2 rings (SSSR count). The molecule has 0 aliphatic rings. The van der Waals surface area contributed by atoms with Gasteiger partial charge in [0.25, 0.3) is 0 Å². The molecule has 0 bridgehead atoms. The van der Waals surface area contributed by atoms with E-state index in [2.05, 4.69) is 9.97 Å². The predicted molar refractivity (Wildman–Crippen MR) is 65.6 cm³/mol. The second-order valence-corrected chi connectivity index (χ2v) is 4.36. The van der Waals surface area contributed by atoms with E-state index < -0.39 is 11.1 Å². The monoisotopic (exact) mass is 264 g/mol. The summed E-state index contributed by atoms with van der Waals surface area (Å²) in [6, 6.07) is 7.95. The van der Waals surface area contributed by atoms with Crippen molar-refractivity contribution in [2.45, 2.75) is 4.90 Å². The van der Waals surface area contributed by atoms with Crippen molar-refractivity contribution in [2.75, 3.05) is 12.8 Å². The number of nitrogens with zero attached hydrogens (tertiary/aromatic N) is 2. The number of ether oxygens (including phenoxy) is 1. The lowest BCUT2D eigenvalue weighted by Gasteiger charge is -2.08. The highest BCUT2D eigenvalue weighted by molar-refractivity contribution is 7.79. The lowest BCUT2D eigenvalue weighted by molar-refractivity contribution is 0.398. The van der Waals surface area contributed by atoms with Gasteiger partial charge in [-0.1, -0.05) is 12.1 Å². The minimum atomic E-state index is -2.28. The molecule has 0 spiro atoms. The SMILES string of the molecule is COc1cc(-c2cccc(S(=O)[O-])c2)nc(N)n1. The van der Waals surface area contributed by atoms with Gasteiger partial charge in [0.05, 0.1) is 12.8 Å². The first-order chi connectivity index (χ1) is 8.60. The number of benzene rings is 1. The minimum Gasteiger partial charge on any atom is -0.768 e. The van der Waals surface area contributed by atoms with Crippen molar-refractivity contribution in [3.8, 4) is 17.1 Å². The number of aromatic nitrogens is 2. The highest BCUT2D eigenvalue weighted by Crippen LogP contribution is 2.23. The summed E-state index contributed by atoms with van der Waals surface area (Å²) in [7, 11) is 1.47. The highest BCUT2D eigenvalue weighted by atomic mass is 32.2. The van der Waals surface area contributed by atoms with Crippen molar-refractivity contribution < 1.29 is 13.5 Å². The number of anilines is 1. The van der Waals surface area contributed by atoms with Crippen molar-refractivity contribution >= 4 is 17.0 Å². The molecule has 94 valence electrons. The van der Waals surface area contributed by atoms with Crippen LogP contribution in [-0.4, -0.2) is 25.8 Å². The van der Waals surface area contributed by atoms with E-state index in [0.29, 0.717) is 17.1 Å². The topological polar surface area (TPSA) is 101 Å². The van der Waals surface area contributed by atoms with E-state index in [1.807, 2.05) is 0 Å². The van der Waals surface area contributed by atoms with E-state index in [0.717, 1.165) is 0 Å². The van der Waals surface area contributed by atoms with Gasteiger partial charge in [0, 0.05) is 16.5 Å². The van der Waals surface area contributed by atoms with Crippen LogP contribution >= 0.6 is 0 Å². The molecule has 0 radical (unpaired) electrons. The highest BCUT2D eigenvalue weighted by Gasteiger charge is 2.06. The lowest BCUT2D eigenvalue weighted by Crippen LogP contribution is -1.99. The van der Waals surface area contributed by atoms with Gasteiger partial charge >= 0.3 is 0 Å². The first-order valence-corrected chi connectivity index (χ1v) is 6.06. The largest absolute Gasteiger partial charge is 0.768 e. The first kappa shape index (κ1) is 12.5. The molecule has 18 heavy (non-hydrogen) atoms. The number of nitrogens with two attached hydrogens (primary N) is 1. The summed E-state index contributed by atoms with van der Waals surface area (Å²) in [5.74, 6) is 0.393. The Hall–Kier alpha value is -1.99. The summed E-state index contributed by atoms with van der Waals surface area (Å²) in [6.07, 6.45) is 0. The standard InChI is InChI=1S/C11H11N3O3S/c1-17-10-6-9(13-11(12)14-10)7-3-2-4-8(5-7)18(15)16/h2-6H,1H3,(H,15,16)(H2,12,13,14)/p-1. The van der Waals surface area contributed by atoms with Crippen molar-refractivity contribution in [1.82, 2.24) is 9.97 Å². The molecule has 0 aliphatic heterocycles. The molecular formula is C11H10N3O3S-. The third-order valence-corrected chi connectivity index (χ3v) is 2.89. The molecule has 6 nitrogen and oxygen atoms in total. The summed E-state index contributed by atoms with van der Waals surface area (Å²) >= 11 is -2.28. The van der Waals surface area contributed by atoms with Gasteiger partial charge in [-0.15, -0.1) is 0 Å². The maximum Gasteiger partial charge on any atom is 0.223 e. The maximum atomic E-state index is 10.9. The second-order valence-electron chi connectivity index (χ2n) is 3.42. The van der Waals surface area contributed by atoms with Gasteiger partial charge in [0.15, 0.2) is 0 Å². The first-order valence-electron chi connectivity index (χ1n) is 4.98. The molecule has 2 aromatic rings. The molecule has 0 aliphatic carbocycles. The fourth-order valence-electron chi connectivity index (χ4n) is 1.45. The van der Waals surface area contributed by atoms with Crippen LogP contribution in [0.3, 0.4) is 0 Å². The van der Waals surface area contributed by atoms with E-state index in [1.165, 1.54) is 19.2 Å². The van der Waals surface area contributed by atoms with Crippen LogP contribution in [0.15, 0.2) is 35.2 Å². The van der Waals surface area contributed by atoms with Crippen LogP contribution in [0.25, 0.3) is 11.3 Å². The number of hydrogen-bond donors (Lipinski definition) is 1. The van der Waals surface area contributed by atoms with Crippen LogP contribution in [0.1, 0.15) is 0 Å². The smallest absolute Gasteiger partial charge is 0.223 e. The predicted octanol–water partition coefficient (Wildman–Crippen LogP) is 0.972. The molecule has 2 N–H and O–H groups in total. The molecule has 0 amide bonds. The minimum absolute atomic E-state index is 0.0676. The van der Waals surface area contributed by atoms with E-state index in [9.17, 15) is 8.76 Å². The van der Waals surface area contributed by atoms with E-state index in [1.54, 1.807) is 18.2 Å². The Morgan fingerprint density at radius 1 is 1.33 bits per heavy atom. The molecule has 1 atom stereocenters. The molecule has 1 aromatic carbocycles. The van der Waals surface area contributed by atoms with Gasteiger partial charge in [-0.05, 0) is 23.2 Å². The van der Waals surface area contributed by atoms with Gasteiger partial charge in [-0.25, -0.2) is 4.98 Å². The molecular weight excluding hydrogens is 254 g/mol. The Morgan fingerprint density at radius 2 is 2.11 bits per heavy atom. The molecule has 0 saturated heterocycles. The van der Waals surface area contributed by atoms with Crippen LogP contribution in [0, 0.1) is 0 Å². The number of methoxy groups -OCH3 is 1. The summed E-state index contributed by atoms with van der Waals surface area (Å²) < 4.78 is 26.8. The molecule has 7 heteroatoms. The van der Waals surface area contributed by atoms with Crippen molar-refractivity contribution in [1.29, 1.82) is 0 Å². The lowest BCUT2D eigenvalue weighted by atomic mass is 10.1. The van der Waals surface area contributed by atoms with Crippen molar-refractivity contribution in [2.24, 2.45) is 0 Å². The molecule has 1 aromatic heterocycles. The van der Waals surface area contributed by atoms with Gasteiger partial charge in [-0.3, -0.25) is 4.21 Å². The fourth-order valence-corrected chi connectivity index (χ4v) is 1.87. The van der Waals surface area contributed by atoms with Crippen LogP contribution < -0.4 is 10.5 Å². The average molecular weight is 264 g/mol. The summed E-state index contributed by atoms with van der Waals surface area (Å²) in [6.45, 7) is 0. The second kappa shape index (κ2) is 5.11. The zero-order chi connectivity index (χ0) is 13.1. The quantitative estimate of drug-likeness (QED) is 0.829. The van der Waals surface area contributed by atoms with E-state index in [-0.39, 0.29) is 10.8 Å².